The van der Waals surface area contributed by atoms with E-state index in [1.807, 2.05) is 0 Å². The van der Waals surface area contributed by atoms with Crippen LogP contribution in [0.3, 0.4) is 0 Å². The molecule has 1 heterocycles. The van der Waals surface area contributed by atoms with Crippen LogP contribution in [0.5, 0.6) is 0 Å². The molecule has 1 aliphatic rings. The molecule has 0 saturated carbocycles. The summed E-state index contributed by atoms with van der Waals surface area (Å²) in [5.41, 5.74) is 0. The van der Waals surface area contributed by atoms with E-state index in [0.29, 0.717) is 0 Å². The van der Waals surface area contributed by atoms with E-state index in [-0.39, 0.29) is 13.0 Å². The van der Waals surface area contributed by atoms with E-state index in [9.17, 15) is 24.0 Å². The van der Waals surface area contributed by atoms with Crippen LogP contribution in [-0.2, 0) is 47.7 Å². The second-order valence-electron chi connectivity index (χ2n) is 5.84. The Morgan fingerprint density at radius 3 is 1.59 bits per heavy atom. The summed E-state index contributed by atoms with van der Waals surface area (Å²) in [4.78, 5) is 57.2. The zero-order valence-corrected chi connectivity index (χ0v) is 16.2. The lowest BCUT2D eigenvalue weighted by atomic mass is 9.93. The lowest BCUT2D eigenvalue weighted by Crippen LogP contribution is -2.62. The molecule has 0 N–H and O–H groups in total. The first-order valence-corrected chi connectivity index (χ1v) is 8.48. The van der Waals surface area contributed by atoms with Gasteiger partial charge < -0.3 is 23.7 Å². The molecule has 0 aromatic carbocycles. The molecule has 11 heteroatoms. The van der Waals surface area contributed by atoms with E-state index in [0.717, 1.165) is 20.8 Å². The van der Waals surface area contributed by atoms with Crippen molar-refractivity contribution < 1.29 is 47.7 Å². The number of ether oxygens (including phenoxy) is 5. The van der Waals surface area contributed by atoms with E-state index in [4.69, 9.17) is 23.7 Å². The van der Waals surface area contributed by atoms with Crippen molar-refractivity contribution in [2.45, 2.75) is 64.6 Å². The van der Waals surface area contributed by atoms with Gasteiger partial charge in [-0.15, -0.1) is 12.6 Å². The van der Waals surface area contributed by atoms with Gasteiger partial charge in [0.25, 0.3) is 0 Å². The van der Waals surface area contributed by atoms with E-state index < -0.39 is 59.5 Å². The van der Waals surface area contributed by atoms with Crippen LogP contribution >= 0.6 is 12.6 Å². The first-order valence-electron chi connectivity index (χ1n) is 8.03. The van der Waals surface area contributed by atoms with Crippen molar-refractivity contribution in [2.75, 3.05) is 6.61 Å². The van der Waals surface area contributed by atoms with Crippen molar-refractivity contribution in [3.05, 3.63) is 0 Å². The maximum absolute atomic E-state index is 11.6. The molecule has 10 nitrogen and oxygen atoms in total. The molecular formula is C16H22O10S. The van der Waals surface area contributed by atoms with Crippen LogP contribution in [0.1, 0.15) is 34.1 Å². The van der Waals surface area contributed by atoms with Gasteiger partial charge >= 0.3 is 23.9 Å². The largest absolute Gasteiger partial charge is 0.463 e. The highest BCUT2D eigenvalue weighted by Crippen LogP contribution is 2.31. The molecule has 27 heavy (non-hydrogen) atoms. The normalized spacial score (nSPS) is 27.2. The molecule has 1 aliphatic heterocycles. The summed E-state index contributed by atoms with van der Waals surface area (Å²) in [6, 6.07) is 0. The number of thiol groups is 1. The van der Waals surface area contributed by atoms with E-state index >= 15 is 0 Å². The Morgan fingerprint density at radius 1 is 0.741 bits per heavy atom. The second-order valence-corrected chi connectivity index (χ2v) is 6.33. The summed E-state index contributed by atoms with van der Waals surface area (Å²) in [5.74, 6) is -2.80. The third-order valence-electron chi connectivity index (χ3n) is 3.46. The Balaban J connectivity index is 3.29. The zero-order chi connectivity index (χ0) is 20.7. The maximum Gasteiger partial charge on any atom is 0.303 e. The van der Waals surface area contributed by atoms with Crippen molar-refractivity contribution >= 4 is 41.6 Å². The summed E-state index contributed by atoms with van der Waals surface area (Å²) >= 11 is 3.69. The predicted molar refractivity (Wildman–Crippen MR) is 90.6 cm³/mol. The molecule has 0 aliphatic carbocycles. The fourth-order valence-corrected chi connectivity index (χ4v) is 2.83. The minimum atomic E-state index is -1.28. The Labute approximate surface area is 161 Å². The van der Waals surface area contributed by atoms with Crippen LogP contribution in [0.2, 0.25) is 0 Å². The van der Waals surface area contributed by atoms with Gasteiger partial charge in [-0.05, 0) is 0 Å². The number of carbonyl (C=O) groups is 5. The first kappa shape index (κ1) is 22.9. The van der Waals surface area contributed by atoms with Crippen LogP contribution in [0.25, 0.3) is 0 Å². The Kier molecular flexibility index (Phi) is 8.70. The molecule has 1 saturated heterocycles. The molecular weight excluding hydrogens is 384 g/mol. The lowest BCUT2D eigenvalue weighted by Gasteiger charge is -2.44. The molecule has 0 spiro atoms. The smallest absolute Gasteiger partial charge is 0.303 e. The molecule has 0 amide bonds. The van der Waals surface area contributed by atoms with Crippen LogP contribution in [0.15, 0.2) is 0 Å². The van der Waals surface area contributed by atoms with Gasteiger partial charge in [0.15, 0.2) is 23.4 Å². The van der Waals surface area contributed by atoms with Gasteiger partial charge in [-0.25, -0.2) is 0 Å². The monoisotopic (exact) mass is 406 g/mol. The topological polar surface area (TPSA) is 132 Å². The van der Waals surface area contributed by atoms with Gasteiger partial charge in [0.2, 0.25) is 0 Å². The molecule has 1 rings (SSSR count). The molecule has 0 aromatic heterocycles. The SMILES string of the molecule is CC(=O)OC[C@H]1O[C@@H](CC(=O)S)[C@@H](OC(C)=O)[C@@H](OC(C)=O)[C@@H]1OC(C)=O. The summed E-state index contributed by atoms with van der Waals surface area (Å²) in [7, 11) is 0. The lowest BCUT2D eigenvalue weighted by molar-refractivity contribution is -0.252. The second kappa shape index (κ2) is 10.3. The molecule has 0 aromatic rings. The first-order chi connectivity index (χ1) is 12.5. The van der Waals surface area contributed by atoms with Gasteiger partial charge in [0.05, 0.1) is 0 Å². The molecule has 5 atom stereocenters. The van der Waals surface area contributed by atoms with Crippen LogP contribution in [0.4, 0.5) is 0 Å². The fourth-order valence-electron chi connectivity index (χ4n) is 2.65. The minimum absolute atomic E-state index is 0.289. The third-order valence-corrected chi connectivity index (χ3v) is 3.65. The zero-order valence-electron chi connectivity index (χ0n) is 15.3. The number of esters is 4. The molecule has 0 radical (unpaired) electrons. The quantitative estimate of drug-likeness (QED) is 0.349. The molecule has 0 bridgehead atoms. The average Bonchev–Trinajstić information content (AvgIpc) is 2.49. The van der Waals surface area contributed by atoms with Crippen molar-refractivity contribution in [1.82, 2.24) is 0 Å². The Morgan fingerprint density at radius 2 is 1.19 bits per heavy atom. The third kappa shape index (κ3) is 7.55. The standard InChI is InChI=1S/C16H22O10S/c1-7(17)22-6-12-15(24-9(3)19)16(25-10(4)20)14(23-8(2)18)11(26-12)5-13(21)27/h11-12,14-16H,5-6H2,1-4H3,(H,21,27)/t11-,12+,14+,15+,16+/m0/s1. The highest BCUT2D eigenvalue weighted by atomic mass is 32.1. The minimum Gasteiger partial charge on any atom is -0.463 e. The Hall–Kier alpha value is -2.14. The highest BCUT2D eigenvalue weighted by molar-refractivity contribution is 7.96. The molecule has 0 unspecified atom stereocenters. The van der Waals surface area contributed by atoms with Crippen LogP contribution in [-0.4, -0.2) is 66.1 Å². The van der Waals surface area contributed by atoms with Crippen LogP contribution < -0.4 is 0 Å². The van der Waals surface area contributed by atoms with Gasteiger partial charge in [-0.3, -0.25) is 24.0 Å². The summed E-state index contributed by atoms with van der Waals surface area (Å²) in [5, 5.41) is -0.573. The molecule has 1 fully saturated rings. The van der Waals surface area contributed by atoms with Crippen molar-refractivity contribution in [2.24, 2.45) is 0 Å². The number of rotatable bonds is 7. The van der Waals surface area contributed by atoms with E-state index in [1.165, 1.54) is 6.92 Å². The van der Waals surface area contributed by atoms with Gasteiger partial charge in [0, 0.05) is 34.1 Å². The van der Waals surface area contributed by atoms with Gasteiger partial charge in [-0.1, -0.05) is 0 Å². The van der Waals surface area contributed by atoms with Crippen LogP contribution in [0, 0.1) is 0 Å². The Bertz CT molecular complexity index is 604. The predicted octanol–water partition coefficient (Wildman–Crippen LogP) is -0.0415. The van der Waals surface area contributed by atoms with Crippen molar-refractivity contribution in [3.63, 3.8) is 0 Å². The van der Waals surface area contributed by atoms with E-state index in [2.05, 4.69) is 12.6 Å². The van der Waals surface area contributed by atoms with Crippen molar-refractivity contribution in [1.29, 1.82) is 0 Å². The van der Waals surface area contributed by atoms with Crippen molar-refractivity contribution in [3.8, 4) is 0 Å². The molecule has 152 valence electrons. The summed E-state index contributed by atoms with van der Waals surface area (Å²) in [6.07, 6.45) is -6.16. The van der Waals surface area contributed by atoms with E-state index in [1.54, 1.807) is 0 Å². The summed E-state index contributed by atoms with van der Waals surface area (Å²) in [6.45, 7) is 4.19. The average molecular weight is 406 g/mol. The van der Waals surface area contributed by atoms with Gasteiger partial charge in [-0.2, -0.15) is 0 Å². The van der Waals surface area contributed by atoms with Gasteiger partial charge in [0.1, 0.15) is 18.8 Å². The number of carbonyl (C=O) groups excluding carboxylic acids is 5. The maximum atomic E-state index is 11.6. The highest BCUT2D eigenvalue weighted by Gasteiger charge is 2.52. The fraction of sp³-hybridized carbons (Fsp3) is 0.688. The number of hydrogen-bond donors (Lipinski definition) is 1. The number of hydrogen-bond acceptors (Lipinski definition) is 10. The summed E-state index contributed by atoms with van der Waals surface area (Å²) < 4.78 is 26.2.